The van der Waals surface area contributed by atoms with E-state index in [-0.39, 0.29) is 22.9 Å². The van der Waals surface area contributed by atoms with Crippen molar-refractivity contribution < 1.29 is 22.7 Å². The number of pyridine rings is 1. The highest BCUT2D eigenvalue weighted by Gasteiger charge is 2.29. The normalized spacial score (nSPS) is 13.4. The standard InChI is InChI=1S/C21H14F3NO3/c22-15-5-2-1-4-14(15)21(27)28-13-10-18(12-8-9-12)25(19(26)11-13)17-7-3-6-16(23)20(17)24/h1-7,10-12H,8-9H2. The van der Waals surface area contributed by atoms with Crippen molar-refractivity contribution in [3.05, 3.63) is 93.7 Å². The first-order valence-corrected chi connectivity index (χ1v) is 8.64. The Morgan fingerprint density at radius 2 is 1.68 bits per heavy atom. The fourth-order valence-corrected chi connectivity index (χ4v) is 3.02. The number of nitrogens with zero attached hydrogens (tertiary/aromatic N) is 1. The van der Waals surface area contributed by atoms with Crippen molar-refractivity contribution in [3.8, 4) is 11.4 Å². The molecule has 3 aromatic rings. The number of rotatable bonds is 4. The van der Waals surface area contributed by atoms with Crippen molar-refractivity contribution in [3.63, 3.8) is 0 Å². The van der Waals surface area contributed by atoms with Crippen LogP contribution in [-0.4, -0.2) is 10.5 Å². The Morgan fingerprint density at radius 3 is 2.39 bits per heavy atom. The quantitative estimate of drug-likeness (QED) is 0.628. The van der Waals surface area contributed by atoms with E-state index in [1.165, 1.54) is 36.4 Å². The minimum atomic E-state index is -1.14. The van der Waals surface area contributed by atoms with Crippen molar-refractivity contribution in [1.82, 2.24) is 4.57 Å². The fourth-order valence-electron chi connectivity index (χ4n) is 3.02. The van der Waals surface area contributed by atoms with Crippen LogP contribution in [0.4, 0.5) is 13.2 Å². The van der Waals surface area contributed by atoms with Crippen LogP contribution in [0.5, 0.6) is 5.75 Å². The summed E-state index contributed by atoms with van der Waals surface area (Å²) in [7, 11) is 0. The number of hydrogen-bond acceptors (Lipinski definition) is 3. The smallest absolute Gasteiger partial charge is 0.346 e. The van der Waals surface area contributed by atoms with Crippen LogP contribution in [0.3, 0.4) is 0 Å². The monoisotopic (exact) mass is 385 g/mol. The molecule has 0 radical (unpaired) electrons. The minimum absolute atomic E-state index is 0.0394. The topological polar surface area (TPSA) is 48.3 Å². The summed E-state index contributed by atoms with van der Waals surface area (Å²) in [5, 5.41) is 0. The second kappa shape index (κ2) is 6.99. The summed E-state index contributed by atoms with van der Waals surface area (Å²) in [5.41, 5.74) is -0.742. The molecule has 0 saturated heterocycles. The van der Waals surface area contributed by atoms with Crippen LogP contribution in [-0.2, 0) is 0 Å². The summed E-state index contributed by atoms with van der Waals surface area (Å²) >= 11 is 0. The molecular formula is C21H14F3NO3. The molecule has 7 heteroatoms. The number of benzene rings is 2. The van der Waals surface area contributed by atoms with E-state index in [1.807, 2.05) is 0 Å². The maximum atomic E-state index is 14.2. The number of aromatic nitrogens is 1. The van der Waals surface area contributed by atoms with Crippen molar-refractivity contribution >= 4 is 5.97 Å². The Kier molecular flexibility index (Phi) is 4.50. The SMILES string of the molecule is O=C(Oc1cc(C2CC2)n(-c2cccc(F)c2F)c(=O)c1)c1ccccc1F. The van der Waals surface area contributed by atoms with Gasteiger partial charge in [0.15, 0.2) is 11.6 Å². The zero-order valence-electron chi connectivity index (χ0n) is 14.5. The molecule has 1 saturated carbocycles. The molecule has 28 heavy (non-hydrogen) atoms. The second-order valence-corrected chi connectivity index (χ2v) is 6.51. The van der Waals surface area contributed by atoms with Crippen molar-refractivity contribution in [2.75, 3.05) is 0 Å². The zero-order chi connectivity index (χ0) is 19.8. The minimum Gasteiger partial charge on any atom is -0.423 e. The van der Waals surface area contributed by atoms with E-state index in [1.54, 1.807) is 0 Å². The molecule has 142 valence electrons. The van der Waals surface area contributed by atoms with Gasteiger partial charge in [-0.05, 0) is 43.0 Å². The van der Waals surface area contributed by atoms with E-state index >= 15 is 0 Å². The van der Waals surface area contributed by atoms with Crippen LogP contribution >= 0.6 is 0 Å². The summed E-state index contributed by atoms with van der Waals surface area (Å²) in [4.78, 5) is 24.9. The lowest BCUT2D eigenvalue weighted by Crippen LogP contribution is -2.23. The lowest BCUT2D eigenvalue weighted by atomic mass is 10.2. The molecule has 1 aliphatic carbocycles. The maximum Gasteiger partial charge on any atom is 0.346 e. The van der Waals surface area contributed by atoms with E-state index in [4.69, 9.17) is 4.74 Å². The van der Waals surface area contributed by atoms with Crippen molar-refractivity contribution in [2.24, 2.45) is 0 Å². The molecule has 2 aromatic carbocycles. The maximum absolute atomic E-state index is 14.2. The van der Waals surface area contributed by atoms with Gasteiger partial charge < -0.3 is 4.74 Å². The third-order valence-corrected chi connectivity index (χ3v) is 4.51. The zero-order valence-corrected chi connectivity index (χ0v) is 14.5. The van der Waals surface area contributed by atoms with Crippen molar-refractivity contribution in [2.45, 2.75) is 18.8 Å². The predicted octanol–water partition coefficient (Wildman–Crippen LogP) is 4.35. The Bertz CT molecular complexity index is 1140. The molecule has 0 spiro atoms. The highest BCUT2D eigenvalue weighted by molar-refractivity contribution is 5.91. The number of carbonyl (C=O) groups is 1. The summed E-state index contributed by atoms with van der Waals surface area (Å²) in [6.45, 7) is 0. The van der Waals surface area contributed by atoms with Gasteiger partial charge in [-0.15, -0.1) is 0 Å². The Labute approximate surface area is 157 Å². The fraction of sp³-hybridized carbons (Fsp3) is 0.143. The first-order chi connectivity index (χ1) is 13.5. The molecule has 4 nitrogen and oxygen atoms in total. The Balaban J connectivity index is 1.76. The third-order valence-electron chi connectivity index (χ3n) is 4.51. The first-order valence-electron chi connectivity index (χ1n) is 8.64. The van der Waals surface area contributed by atoms with Gasteiger partial charge in [-0.3, -0.25) is 9.36 Å². The summed E-state index contributed by atoms with van der Waals surface area (Å²) in [6, 6.07) is 11.3. The molecule has 1 fully saturated rings. The third kappa shape index (κ3) is 3.31. The van der Waals surface area contributed by atoms with E-state index in [0.29, 0.717) is 5.69 Å². The second-order valence-electron chi connectivity index (χ2n) is 6.51. The van der Waals surface area contributed by atoms with E-state index < -0.39 is 29.0 Å². The van der Waals surface area contributed by atoms with Crippen LogP contribution in [0.15, 0.2) is 59.4 Å². The van der Waals surface area contributed by atoms with Crippen LogP contribution in [0.1, 0.15) is 34.8 Å². The number of halogens is 3. The van der Waals surface area contributed by atoms with Gasteiger partial charge >= 0.3 is 5.97 Å². The molecule has 0 unspecified atom stereocenters. The molecule has 1 heterocycles. The van der Waals surface area contributed by atoms with Crippen LogP contribution in [0, 0.1) is 17.5 Å². The van der Waals surface area contributed by atoms with E-state index in [0.717, 1.165) is 35.6 Å². The number of esters is 1. The van der Waals surface area contributed by atoms with E-state index in [2.05, 4.69) is 0 Å². The Hall–Kier alpha value is -3.35. The average Bonchev–Trinajstić information content (AvgIpc) is 3.49. The molecule has 1 aromatic heterocycles. The van der Waals surface area contributed by atoms with Crippen LogP contribution in [0.2, 0.25) is 0 Å². The molecule has 0 N–H and O–H groups in total. The van der Waals surface area contributed by atoms with Gasteiger partial charge in [0.05, 0.1) is 11.3 Å². The van der Waals surface area contributed by atoms with Gasteiger partial charge in [0.2, 0.25) is 0 Å². The number of ether oxygens (including phenoxy) is 1. The predicted molar refractivity (Wildman–Crippen MR) is 95.3 cm³/mol. The van der Waals surface area contributed by atoms with Gasteiger partial charge in [-0.1, -0.05) is 18.2 Å². The molecule has 0 aliphatic heterocycles. The lowest BCUT2D eigenvalue weighted by molar-refractivity contribution is 0.0729. The van der Waals surface area contributed by atoms with Crippen LogP contribution < -0.4 is 10.3 Å². The summed E-state index contributed by atoms with van der Waals surface area (Å²) < 4.78 is 47.9. The van der Waals surface area contributed by atoms with Gasteiger partial charge in [-0.2, -0.15) is 0 Å². The highest BCUT2D eigenvalue weighted by Crippen LogP contribution is 2.41. The summed E-state index contributed by atoms with van der Waals surface area (Å²) in [6.07, 6.45) is 1.53. The number of carbonyl (C=O) groups excluding carboxylic acids is 1. The molecule has 0 amide bonds. The van der Waals surface area contributed by atoms with Gasteiger partial charge in [0.25, 0.3) is 5.56 Å². The van der Waals surface area contributed by atoms with E-state index in [9.17, 15) is 22.8 Å². The van der Waals surface area contributed by atoms with Gasteiger partial charge in [-0.25, -0.2) is 18.0 Å². The van der Waals surface area contributed by atoms with Gasteiger partial charge in [0, 0.05) is 17.8 Å². The highest BCUT2D eigenvalue weighted by atomic mass is 19.2. The largest absolute Gasteiger partial charge is 0.423 e. The van der Waals surface area contributed by atoms with Gasteiger partial charge in [0.1, 0.15) is 11.6 Å². The molecule has 0 bridgehead atoms. The van der Waals surface area contributed by atoms with Crippen molar-refractivity contribution in [1.29, 1.82) is 0 Å². The Morgan fingerprint density at radius 1 is 0.964 bits per heavy atom. The molecular weight excluding hydrogens is 371 g/mol. The molecule has 1 aliphatic rings. The number of hydrogen-bond donors (Lipinski definition) is 0. The summed E-state index contributed by atoms with van der Waals surface area (Å²) in [5.74, 6) is -4.02. The van der Waals surface area contributed by atoms with Crippen LogP contribution in [0.25, 0.3) is 5.69 Å². The first kappa shape index (κ1) is 18.0. The lowest BCUT2D eigenvalue weighted by Gasteiger charge is -2.15. The molecule has 4 rings (SSSR count). The molecule has 0 atom stereocenters. The average molecular weight is 385 g/mol.